The lowest BCUT2D eigenvalue weighted by Crippen LogP contribution is -2.30. The third kappa shape index (κ3) is 4.11. The molecule has 144 valence electrons. The first kappa shape index (κ1) is 19.3. The topological polar surface area (TPSA) is 69.6 Å². The Balaban J connectivity index is 1.65. The molecule has 1 aliphatic rings. The van der Waals surface area contributed by atoms with E-state index in [0.717, 1.165) is 24.2 Å². The van der Waals surface area contributed by atoms with Crippen LogP contribution < -0.4 is 10.1 Å². The molecule has 0 bridgehead atoms. The first-order valence-corrected chi connectivity index (χ1v) is 9.23. The minimum absolute atomic E-state index is 0.382. The van der Waals surface area contributed by atoms with Gasteiger partial charge in [0.15, 0.2) is 6.10 Å². The van der Waals surface area contributed by atoms with Gasteiger partial charge in [0.25, 0.3) is 5.91 Å². The first-order chi connectivity index (χ1) is 12.8. The number of anilines is 1. The van der Waals surface area contributed by atoms with E-state index >= 15 is 0 Å². The fourth-order valence-electron chi connectivity index (χ4n) is 3.14. The average molecular weight is 391 g/mol. The molecule has 1 aromatic heterocycles. The Morgan fingerprint density at radius 2 is 1.96 bits per heavy atom. The Kier molecular flexibility index (Phi) is 5.46. The van der Waals surface area contributed by atoms with Crippen LogP contribution in [0.4, 0.5) is 5.69 Å². The summed E-state index contributed by atoms with van der Waals surface area (Å²) in [6, 6.07) is 7.20. The number of aryl methyl sites for hydroxylation is 1. The van der Waals surface area contributed by atoms with Crippen LogP contribution in [0.15, 0.2) is 24.3 Å². The number of carbonyl (C=O) groups is 2. The van der Waals surface area contributed by atoms with Crippen molar-refractivity contribution in [2.24, 2.45) is 0 Å². The van der Waals surface area contributed by atoms with Crippen molar-refractivity contribution < 1.29 is 19.1 Å². The number of rotatable bonds is 6. The van der Waals surface area contributed by atoms with E-state index in [9.17, 15) is 9.59 Å². The number of hydrogen-bond donors (Lipinski definition) is 1. The van der Waals surface area contributed by atoms with Gasteiger partial charge in [0.05, 0.1) is 17.7 Å². The van der Waals surface area contributed by atoms with Crippen LogP contribution in [0.1, 0.15) is 47.6 Å². The van der Waals surface area contributed by atoms with E-state index in [-0.39, 0.29) is 0 Å². The van der Waals surface area contributed by atoms with E-state index in [1.165, 1.54) is 7.11 Å². The number of nitrogens with zero attached hydrogens (tertiary/aromatic N) is 1. The van der Waals surface area contributed by atoms with Gasteiger partial charge in [-0.2, -0.15) is 0 Å². The van der Waals surface area contributed by atoms with Crippen molar-refractivity contribution >= 4 is 29.2 Å². The van der Waals surface area contributed by atoms with Gasteiger partial charge in [-0.05, 0) is 57.9 Å². The Morgan fingerprint density at radius 3 is 2.56 bits per heavy atom. The Morgan fingerprint density at radius 1 is 1.26 bits per heavy atom. The van der Waals surface area contributed by atoms with E-state index in [1.807, 2.05) is 19.9 Å². The average Bonchev–Trinajstić information content (AvgIpc) is 3.40. The molecule has 0 spiro atoms. The Bertz CT molecular complexity index is 886. The highest BCUT2D eigenvalue weighted by Crippen LogP contribution is 2.38. The van der Waals surface area contributed by atoms with Gasteiger partial charge in [-0.25, -0.2) is 4.79 Å². The number of carbonyl (C=O) groups excluding carboxylic acids is 2. The summed E-state index contributed by atoms with van der Waals surface area (Å²) < 4.78 is 12.6. The zero-order valence-electron chi connectivity index (χ0n) is 15.8. The summed E-state index contributed by atoms with van der Waals surface area (Å²) in [6.07, 6.45) is 1.32. The molecule has 0 radical (unpaired) electrons. The van der Waals surface area contributed by atoms with E-state index in [4.69, 9.17) is 21.1 Å². The number of esters is 1. The minimum Gasteiger partial charge on any atom is -0.495 e. The maximum atomic E-state index is 12.5. The second-order valence-electron chi connectivity index (χ2n) is 6.77. The molecule has 1 atom stereocenters. The summed E-state index contributed by atoms with van der Waals surface area (Å²) in [5, 5.41) is 3.07. The van der Waals surface area contributed by atoms with Gasteiger partial charge < -0.3 is 19.4 Å². The SMILES string of the molecule is COc1ccc(NC(=O)[C@@H](C)OC(=O)c2cc(C)n(C3CC3)c2C)cc1Cl. The van der Waals surface area contributed by atoms with Crippen LogP contribution in [0.25, 0.3) is 0 Å². The van der Waals surface area contributed by atoms with Crippen molar-refractivity contribution in [1.29, 1.82) is 0 Å². The van der Waals surface area contributed by atoms with E-state index in [0.29, 0.717) is 28.1 Å². The second kappa shape index (κ2) is 7.64. The number of amides is 1. The number of ether oxygens (including phenoxy) is 2. The maximum Gasteiger partial charge on any atom is 0.340 e. The minimum atomic E-state index is -0.942. The largest absolute Gasteiger partial charge is 0.495 e. The fraction of sp³-hybridized carbons (Fsp3) is 0.400. The smallest absolute Gasteiger partial charge is 0.340 e. The van der Waals surface area contributed by atoms with E-state index < -0.39 is 18.0 Å². The van der Waals surface area contributed by atoms with Crippen LogP contribution in [-0.4, -0.2) is 29.7 Å². The van der Waals surface area contributed by atoms with Gasteiger partial charge in [-0.1, -0.05) is 11.6 Å². The molecule has 0 saturated heterocycles. The molecule has 1 aliphatic carbocycles. The predicted octanol–water partition coefficient (Wildman–Crippen LogP) is 4.29. The quantitative estimate of drug-likeness (QED) is 0.747. The molecule has 0 unspecified atom stereocenters. The summed E-state index contributed by atoms with van der Waals surface area (Å²) in [7, 11) is 1.52. The van der Waals surface area contributed by atoms with Crippen molar-refractivity contribution in [3.63, 3.8) is 0 Å². The predicted molar refractivity (Wildman–Crippen MR) is 104 cm³/mol. The molecule has 6 nitrogen and oxygen atoms in total. The molecular formula is C20H23ClN2O4. The zero-order chi connectivity index (χ0) is 19.7. The van der Waals surface area contributed by atoms with Crippen LogP contribution in [-0.2, 0) is 9.53 Å². The van der Waals surface area contributed by atoms with Crippen LogP contribution in [0, 0.1) is 13.8 Å². The lowest BCUT2D eigenvalue weighted by Gasteiger charge is -2.14. The number of methoxy groups -OCH3 is 1. The summed E-state index contributed by atoms with van der Waals surface area (Å²) in [5.74, 6) is -0.411. The molecule has 2 aromatic rings. The molecule has 1 fully saturated rings. The lowest BCUT2D eigenvalue weighted by atomic mass is 10.2. The van der Waals surface area contributed by atoms with E-state index in [2.05, 4.69) is 9.88 Å². The summed E-state index contributed by atoms with van der Waals surface area (Å²) in [5.41, 5.74) is 2.92. The molecule has 3 rings (SSSR count). The van der Waals surface area contributed by atoms with Crippen LogP contribution in [0.3, 0.4) is 0 Å². The molecular weight excluding hydrogens is 368 g/mol. The Labute approximate surface area is 163 Å². The molecule has 0 aliphatic heterocycles. The number of halogens is 1. The van der Waals surface area contributed by atoms with Crippen molar-refractivity contribution in [2.75, 3.05) is 12.4 Å². The van der Waals surface area contributed by atoms with Crippen molar-refractivity contribution in [3.8, 4) is 5.75 Å². The van der Waals surface area contributed by atoms with Gasteiger partial charge >= 0.3 is 5.97 Å². The number of hydrogen-bond acceptors (Lipinski definition) is 4. The summed E-state index contributed by atoms with van der Waals surface area (Å²) >= 11 is 6.06. The highest BCUT2D eigenvalue weighted by Gasteiger charge is 2.29. The normalized spacial score (nSPS) is 14.6. The summed E-state index contributed by atoms with van der Waals surface area (Å²) in [4.78, 5) is 24.9. The monoisotopic (exact) mass is 390 g/mol. The van der Waals surface area contributed by atoms with E-state index in [1.54, 1.807) is 25.1 Å². The van der Waals surface area contributed by atoms with Gasteiger partial charge in [-0.15, -0.1) is 0 Å². The van der Waals surface area contributed by atoms with Crippen LogP contribution in [0.5, 0.6) is 5.75 Å². The number of aromatic nitrogens is 1. The van der Waals surface area contributed by atoms with Crippen LogP contribution >= 0.6 is 11.6 Å². The molecule has 1 heterocycles. The van der Waals surface area contributed by atoms with Crippen molar-refractivity contribution in [1.82, 2.24) is 4.57 Å². The molecule has 1 amide bonds. The lowest BCUT2D eigenvalue weighted by molar-refractivity contribution is -0.123. The Hall–Kier alpha value is -2.47. The van der Waals surface area contributed by atoms with Crippen molar-refractivity contribution in [3.05, 3.63) is 46.2 Å². The van der Waals surface area contributed by atoms with Gasteiger partial charge in [-0.3, -0.25) is 4.79 Å². The van der Waals surface area contributed by atoms with Crippen molar-refractivity contribution in [2.45, 2.75) is 45.8 Å². The highest BCUT2D eigenvalue weighted by molar-refractivity contribution is 6.32. The fourth-order valence-corrected chi connectivity index (χ4v) is 3.40. The zero-order valence-corrected chi connectivity index (χ0v) is 16.6. The summed E-state index contributed by atoms with van der Waals surface area (Å²) in [6.45, 7) is 5.43. The van der Waals surface area contributed by atoms with Gasteiger partial charge in [0.1, 0.15) is 5.75 Å². The molecule has 7 heteroatoms. The third-order valence-corrected chi connectivity index (χ3v) is 4.98. The van der Waals surface area contributed by atoms with Gasteiger partial charge in [0, 0.05) is 23.1 Å². The molecule has 27 heavy (non-hydrogen) atoms. The maximum absolute atomic E-state index is 12.5. The van der Waals surface area contributed by atoms with Crippen LogP contribution in [0.2, 0.25) is 5.02 Å². The standard InChI is InChI=1S/C20H23ClN2O4/c1-11-9-16(12(2)23(11)15-6-7-15)20(25)27-13(3)19(24)22-14-5-8-18(26-4)17(21)10-14/h5,8-10,13,15H,6-7H2,1-4H3,(H,22,24)/t13-/m1/s1. The first-order valence-electron chi connectivity index (χ1n) is 8.85. The molecule has 1 saturated carbocycles. The number of benzene rings is 1. The third-order valence-electron chi connectivity index (χ3n) is 4.69. The highest BCUT2D eigenvalue weighted by atomic mass is 35.5. The molecule has 1 N–H and O–H groups in total. The molecule has 1 aromatic carbocycles. The number of nitrogens with one attached hydrogen (secondary N) is 1. The van der Waals surface area contributed by atoms with Gasteiger partial charge in [0.2, 0.25) is 0 Å². The second-order valence-corrected chi connectivity index (χ2v) is 7.18.